The van der Waals surface area contributed by atoms with E-state index >= 15 is 0 Å². The summed E-state index contributed by atoms with van der Waals surface area (Å²) < 4.78 is 0. The molecular formula is C48H30N6. The smallest absolute Gasteiger partial charge is 0.182 e. The number of hydrogen-bond acceptors (Lipinski definition) is 6. The Morgan fingerprint density at radius 2 is 0.870 bits per heavy atom. The monoisotopic (exact) mass is 690 g/mol. The fourth-order valence-electron chi connectivity index (χ4n) is 7.28. The lowest BCUT2D eigenvalue weighted by atomic mass is 9.93. The van der Waals surface area contributed by atoms with E-state index in [0.29, 0.717) is 28.9 Å². The Balaban J connectivity index is 1.07. The van der Waals surface area contributed by atoms with Crippen molar-refractivity contribution in [3.8, 4) is 67.9 Å². The van der Waals surface area contributed by atoms with Crippen LogP contribution in [0, 0.1) is 0 Å². The molecule has 54 heavy (non-hydrogen) atoms. The Hall–Kier alpha value is -7.44. The Labute approximate surface area is 311 Å². The van der Waals surface area contributed by atoms with Gasteiger partial charge in [0.1, 0.15) is 11.4 Å². The zero-order valence-corrected chi connectivity index (χ0v) is 29.0. The lowest BCUT2D eigenvalue weighted by molar-refractivity contribution is 1.05. The van der Waals surface area contributed by atoms with Crippen molar-refractivity contribution >= 4 is 32.4 Å². The molecule has 4 heterocycles. The van der Waals surface area contributed by atoms with Gasteiger partial charge in [-0.25, -0.2) is 19.9 Å². The maximum absolute atomic E-state index is 5.21. The van der Waals surface area contributed by atoms with Gasteiger partial charge in [0.05, 0.1) is 11.2 Å². The summed E-state index contributed by atoms with van der Waals surface area (Å²) >= 11 is 0. The number of fused-ring (bicyclic) bond motifs is 4. The average molecular weight is 691 g/mol. The normalized spacial score (nSPS) is 11.3. The number of benzene rings is 6. The minimum absolute atomic E-state index is 0.496. The molecule has 0 fully saturated rings. The van der Waals surface area contributed by atoms with E-state index in [1.54, 1.807) is 12.4 Å². The molecule has 0 spiro atoms. The van der Waals surface area contributed by atoms with E-state index in [0.717, 1.165) is 44.2 Å². The van der Waals surface area contributed by atoms with Crippen LogP contribution < -0.4 is 0 Å². The summed E-state index contributed by atoms with van der Waals surface area (Å²) in [7, 11) is 0. The van der Waals surface area contributed by atoms with E-state index in [4.69, 9.17) is 19.9 Å². The molecule has 6 heteroatoms. The molecule has 6 nitrogen and oxygen atoms in total. The van der Waals surface area contributed by atoms with Gasteiger partial charge in [-0.2, -0.15) is 0 Å². The Morgan fingerprint density at radius 1 is 0.315 bits per heavy atom. The summed E-state index contributed by atoms with van der Waals surface area (Å²) in [5.41, 5.74) is 9.79. The van der Waals surface area contributed by atoms with Gasteiger partial charge in [-0.1, -0.05) is 127 Å². The van der Waals surface area contributed by atoms with Gasteiger partial charge in [-0.15, -0.1) is 0 Å². The van der Waals surface area contributed by atoms with E-state index in [1.165, 1.54) is 27.3 Å². The molecule has 0 amide bonds. The van der Waals surface area contributed by atoms with Gasteiger partial charge in [0.15, 0.2) is 17.5 Å². The molecular weight excluding hydrogens is 661 g/mol. The molecule has 252 valence electrons. The molecule has 0 saturated carbocycles. The topological polar surface area (TPSA) is 77.3 Å². The van der Waals surface area contributed by atoms with Crippen molar-refractivity contribution in [1.82, 2.24) is 29.9 Å². The van der Waals surface area contributed by atoms with Crippen molar-refractivity contribution in [2.75, 3.05) is 0 Å². The van der Waals surface area contributed by atoms with Crippen LogP contribution in [0.25, 0.3) is 100 Å². The summed E-state index contributed by atoms with van der Waals surface area (Å²) in [5, 5.41) is 5.72. The SMILES string of the molecule is c1ccc(-c2cc(-c3ccc(-c4ccc(-c5nc(-c6ccccn6)nc(-c6ccccn6)n5)c5ccccc45)cc3)nc3ccc4ccccc4c23)cc1. The van der Waals surface area contributed by atoms with Gasteiger partial charge in [-0.3, -0.25) is 9.97 Å². The van der Waals surface area contributed by atoms with Crippen LogP contribution in [-0.2, 0) is 0 Å². The summed E-state index contributed by atoms with van der Waals surface area (Å²) in [6.07, 6.45) is 3.49. The van der Waals surface area contributed by atoms with Gasteiger partial charge in [0, 0.05) is 28.9 Å². The van der Waals surface area contributed by atoms with Crippen molar-refractivity contribution < 1.29 is 0 Å². The van der Waals surface area contributed by atoms with Crippen LogP contribution in [0.4, 0.5) is 0 Å². The number of pyridine rings is 3. The van der Waals surface area contributed by atoms with Gasteiger partial charge < -0.3 is 0 Å². The second-order valence-electron chi connectivity index (χ2n) is 13.1. The quantitative estimate of drug-likeness (QED) is 0.162. The van der Waals surface area contributed by atoms with Crippen molar-refractivity contribution in [3.05, 3.63) is 182 Å². The summed E-state index contributed by atoms with van der Waals surface area (Å²) in [6, 6.07) is 58.5. The molecule has 0 bridgehead atoms. The van der Waals surface area contributed by atoms with Crippen molar-refractivity contribution in [2.24, 2.45) is 0 Å². The molecule has 10 rings (SSSR count). The molecule has 0 atom stereocenters. The van der Waals surface area contributed by atoms with E-state index in [-0.39, 0.29) is 0 Å². The third kappa shape index (κ3) is 5.63. The standard InChI is InChI=1S/C48H30N6/c1-2-12-31(13-3-1)40-30-44(51-41-27-24-32-14-4-5-15-36(32)45(40)41)34-22-20-33(21-23-34)35-25-26-39(38-17-7-6-16-37(35)38)46-52-47(42-18-8-10-28-49-42)54-48(53-46)43-19-9-11-29-50-43/h1-30H. The number of nitrogens with zero attached hydrogens (tertiary/aromatic N) is 6. The van der Waals surface area contributed by atoms with Crippen molar-refractivity contribution in [3.63, 3.8) is 0 Å². The van der Waals surface area contributed by atoms with Crippen LogP contribution in [-0.4, -0.2) is 29.9 Å². The summed E-state index contributed by atoms with van der Waals surface area (Å²) in [5.74, 6) is 1.56. The van der Waals surface area contributed by atoms with Gasteiger partial charge in [-0.05, 0) is 86.3 Å². The van der Waals surface area contributed by atoms with Gasteiger partial charge >= 0.3 is 0 Å². The maximum Gasteiger partial charge on any atom is 0.182 e. The lowest BCUT2D eigenvalue weighted by Crippen LogP contribution is -2.02. The highest BCUT2D eigenvalue weighted by Gasteiger charge is 2.18. The summed E-state index contributed by atoms with van der Waals surface area (Å²) in [4.78, 5) is 28.9. The van der Waals surface area contributed by atoms with Crippen molar-refractivity contribution in [1.29, 1.82) is 0 Å². The zero-order valence-electron chi connectivity index (χ0n) is 29.0. The lowest BCUT2D eigenvalue weighted by Gasteiger charge is -2.14. The van der Waals surface area contributed by atoms with Crippen LogP contribution >= 0.6 is 0 Å². The first-order valence-electron chi connectivity index (χ1n) is 17.9. The molecule has 0 aliphatic heterocycles. The van der Waals surface area contributed by atoms with Crippen LogP contribution in [0.15, 0.2) is 182 Å². The van der Waals surface area contributed by atoms with Crippen molar-refractivity contribution in [2.45, 2.75) is 0 Å². The van der Waals surface area contributed by atoms with Gasteiger partial charge in [0.25, 0.3) is 0 Å². The molecule has 0 aliphatic rings. The predicted octanol–water partition coefficient (Wildman–Crippen LogP) is 11.5. The number of hydrogen-bond donors (Lipinski definition) is 0. The minimum Gasteiger partial charge on any atom is -0.253 e. The molecule has 0 radical (unpaired) electrons. The molecule has 10 aromatic rings. The van der Waals surface area contributed by atoms with Crippen LogP contribution in [0.1, 0.15) is 0 Å². The predicted molar refractivity (Wildman–Crippen MR) is 218 cm³/mol. The van der Waals surface area contributed by atoms with Gasteiger partial charge in [0.2, 0.25) is 0 Å². The Morgan fingerprint density at radius 3 is 1.56 bits per heavy atom. The fraction of sp³-hybridized carbons (Fsp3) is 0. The average Bonchev–Trinajstić information content (AvgIpc) is 3.26. The number of rotatable bonds is 6. The van der Waals surface area contributed by atoms with E-state index in [9.17, 15) is 0 Å². The number of aromatic nitrogens is 6. The minimum atomic E-state index is 0.496. The first-order chi connectivity index (χ1) is 26.8. The van der Waals surface area contributed by atoms with E-state index < -0.39 is 0 Å². The highest BCUT2D eigenvalue weighted by molar-refractivity contribution is 6.14. The molecule has 0 unspecified atom stereocenters. The third-order valence-corrected chi connectivity index (χ3v) is 9.86. The molecule has 0 aliphatic carbocycles. The molecule has 0 N–H and O–H groups in total. The Bertz CT molecular complexity index is 2910. The molecule has 0 saturated heterocycles. The van der Waals surface area contributed by atoms with E-state index in [2.05, 4.69) is 143 Å². The fourth-order valence-corrected chi connectivity index (χ4v) is 7.28. The second-order valence-corrected chi connectivity index (χ2v) is 13.1. The van der Waals surface area contributed by atoms with E-state index in [1.807, 2.05) is 36.4 Å². The highest BCUT2D eigenvalue weighted by Crippen LogP contribution is 2.39. The molecule has 6 aromatic carbocycles. The van der Waals surface area contributed by atoms with Crippen LogP contribution in [0.2, 0.25) is 0 Å². The third-order valence-electron chi connectivity index (χ3n) is 9.86. The maximum atomic E-state index is 5.21. The largest absolute Gasteiger partial charge is 0.253 e. The first-order valence-corrected chi connectivity index (χ1v) is 17.9. The molecule has 4 aromatic heterocycles. The Kier molecular flexibility index (Phi) is 7.69. The second kappa shape index (κ2) is 13.3. The zero-order chi connectivity index (χ0) is 35.8. The van der Waals surface area contributed by atoms with Crippen LogP contribution in [0.5, 0.6) is 0 Å². The highest BCUT2D eigenvalue weighted by atomic mass is 15.1. The summed E-state index contributed by atoms with van der Waals surface area (Å²) in [6.45, 7) is 0. The van der Waals surface area contributed by atoms with Crippen LogP contribution in [0.3, 0.4) is 0 Å². The first kappa shape index (κ1) is 31.3.